The third-order valence-corrected chi connectivity index (χ3v) is 2.62. The smallest absolute Gasteiger partial charge is 0.143 e. The van der Waals surface area contributed by atoms with Gasteiger partial charge in [-0.1, -0.05) is 13.8 Å². The molecule has 0 bridgehead atoms. The number of Topliss-reactive ketones (excluding diaryl/α,β-unsaturated/α-hetero) is 2. The van der Waals surface area contributed by atoms with Crippen LogP contribution in [0.4, 0.5) is 0 Å². The van der Waals surface area contributed by atoms with E-state index in [-0.39, 0.29) is 17.5 Å². The molecule has 0 amide bonds. The summed E-state index contributed by atoms with van der Waals surface area (Å²) >= 11 is 0. The Kier molecular flexibility index (Phi) is 3.01. The van der Waals surface area contributed by atoms with E-state index in [1.54, 1.807) is 0 Å². The molecule has 0 aliphatic heterocycles. The summed E-state index contributed by atoms with van der Waals surface area (Å²) in [4.78, 5) is 22.6. The van der Waals surface area contributed by atoms with Crippen molar-refractivity contribution in [1.82, 2.24) is 0 Å². The third-order valence-electron chi connectivity index (χ3n) is 2.62. The molecule has 2 nitrogen and oxygen atoms in total. The van der Waals surface area contributed by atoms with Crippen molar-refractivity contribution in [2.24, 2.45) is 11.8 Å². The van der Waals surface area contributed by atoms with Gasteiger partial charge in [-0.05, 0) is 18.8 Å². The second-order valence-corrected chi connectivity index (χ2v) is 3.73. The molecule has 1 fully saturated rings. The predicted molar refractivity (Wildman–Crippen MR) is 46.8 cm³/mol. The molecule has 0 spiro atoms. The summed E-state index contributed by atoms with van der Waals surface area (Å²) in [6.07, 6.45) is 2.93. The van der Waals surface area contributed by atoms with Crippen LogP contribution in [0.1, 0.15) is 39.5 Å². The highest BCUT2D eigenvalue weighted by Gasteiger charge is 2.30. The van der Waals surface area contributed by atoms with E-state index in [4.69, 9.17) is 0 Å². The van der Waals surface area contributed by atoms with Gasteiger partial charge in [0.2, 0.25) is 0 Å². The molecule has 1 aliphatic rings. The van der Waals surface area contributed by atoms with Crippen molar-refractivity contribution < 1.29 is 9.59 Å². The number of carbonyl (C=O) groups excluding carboxylic acids is 2. The van der Waals surface area contributed by atoms with Gasteiger partial charge >= 0.3 is 0 Å². The summed E-state index contributed by atoms with van der Waals surface area (Å²) < 4.78 is 0. The topological polar surface area (TPSA) is 34.1 Å². The fourth-order valence-electron chi connectivity index (χ4n) is 1.79. The summed E-state index contributed by atoms with van der Waals surface area (Å²) in [5.41, 5.74) is 0. The fraction of sp³-hybridized carbons (Fsp3) is 0.800. The molecular weight excluding hydrogens is 152 g/mol. The molecular formula is C10H16O2. The number of rotatable bonds is 2. The van der Waals surface area contributed by atoms with Crippen LogP contribution in [0.5, 0.6) is 0 Å². The number of hydrogen-bond donors (Lipinski definition) is 0. The summed E-state index contributed by atoms with van der Waals surface area (Å²) in [7, 11) is 0. The minimum absolute atomic E-state index is 0.131. The Morgan fingerprint density at radius 1 is 1.50 bits per heavy atom. The average Bonchev–Trinajstić information content (AvgIpc) is 2.03. The maximum absolute atomic E-state index is 11.4. The predicted octanol–water partition coefficient (Wildman–Crippen LogP) is 1.97. The van der Waals surface area contributed by atoms with Gasteiger partial charge in [-0.3, -0.25) is 9.59 Å². The van der Waals surface area contributed by atoms with Gasteiger partial charge in [0.15, 0.2) is 0 Å². The molecule has 2 unspecified atom stereocenters. The molecule has 1 rings (SSSR count). The van der Waals surface area contributed by atoms with Crippen molar-refractivity contribution in [3.63, 3.8) is 0 Å². The summed E-state index contributed by atoms with van der Waals surface area (Å²) in [5, 5.41) is 0. The molecule has 68 valence electrons. The second kappa shape index (κ2) is 3.83. The van der Waals surface area contributed by atoms with Gasteiger partial charge < -0.3 is 0 Å². The van der Waals surface area contributed by atoms with E-state index in [1.165, 1.54) is 0 Å². The Labute approximate surface area is 73.3 Å². The third kappa shape index (κ3) is 1.93. The summed E-state index contributed by atoms with van der Waals surface area (Å²) in [6, 6.07) is 0. The van der Waals surface area contributed by atoms with Crippen LogP contribution in [0.15, 0.2) is 0 Å². The van der Waals surface area contributed by atoms with E-state index >= 15 is 0 Å². The minimum atomic E-state index is -0.258. The lowest BCUT2D eigenvalue weighted by Crippen LogP contribution is -2.29. The molecule has 1 saturated carbocycles. The van der Waals surface area contributed by atoms with Gasteiger partial charge in [-0.2, -0.15) is 0 Å². The van der Waals surface area contributed by atoms with Gasteiger partial charge in [0.1, 0.15) is 11.6 Å². The summed E-state index contributed by atoms with van der Waals surface area (Å²) in [5.74, 6) is 0.525. The first-order chi connectivity index (χ1) is 5.65. The first kappa shape index (κ1) is 9.43. The Bertz CT molecular complexity index is 196. The number of ketones is 2. The van der Waals surface area contributed by atoms with Crippen LogP contribution < -0.4 is 0 Å². The number of hydrogen-bond acceptors (Lipinski definition) is 2. The van der Waals surface area contributed by atoms with E-state index in [0.717, 1.165) is 12.8 Å². The van der Waals surface area contributed by atoms with Crippen LogP contribution in [-0.4, -0.2) is 11.6 Å². The van der Waals surface area contributed by atoms with Crippen molar-refractivity contribution >= 4 is 11.6 Å². The zero-order valence-corrected chi connectivity index (χ0v) is 7.80. The van der Waals surface area contributed by atoms with Gasteiger partial charge in [0.25, 0.3) is 0 Å². The first-order valence-electron chi connectivity index (χ1n) is 4.70. The van der Waals surface area contributed by atoms with E-state index in [9.17, 15) is 9.59 Å². The van der Waals surface area contributed by atoms with Gasteiger partial charge in [-0.15, -0.1) is 0 Å². The maximum atomic E-state index is 11.4. The van der Waals surface area contributed by atoms with Crippen LogP contribution in [0.25, 0.3) is 0 Å². The monoisotopic (exact) mass is 168 g/mol. The van der Waals surface area contributed by atoms with Gasteiger partial charge in [-0.25, -0.2) is 0 Å². The molecule has 2 atom stereocenters. The highest BCUT2D eigenvalue weighted by molar-refractivity contribution is 6.02. The molecule has 2 heteroatoms. The van der Waals surface area contributed by atoms with Crippen LogP contribution in [0.3, 0.4) is 0 Å². The fourth-order valence-corrected chi connectivity index (χ4v) is 1.79. The standard InChI is InChI=1S/C10H16O2/c1-3-9(11)8-5-4-7(2)6-10(8)12/h7-8H,3-6H2,1-2H3. The Hall–Kier alpha value is -0.660. The van der Waals surface area contributed by atoms with Crippen LogP contribution in [-0.2, 0) is 9.59 Å². The van der Waals surface area contributed by atoms with Gasteiger partial charge in [0, 0.05) is 12.8 Å². The lowest BCUT2D eigenvalue weighted by Gasteiger charge is -2.23. The Morgan fingerprint density at radius 3 is 2.67 bits per heavy atom. The number of carbonyl (C=O) groups is 2. The molecule has 0 aromatic heterocycles. The van der Waals surface area contributed by atoms with Crippen molar-refractivity contribution in [2.75, 3.05) is 0 Å². The molecule has 0 heterocycles. The van der Waals surface area contributed by atoms with E-state index in [2.05, 4.69) is 6.92 Å². The molecule has 0 radical (unpaired) electrons. The molecule has 0 saturated heterocycles. The van der Waals surface area contributed by atoms with Crippen LogP contribution >= 0.6 is 0 Å². The summed E-state index contributed by atoms with van der Waals surface area (Å²) in [6.45, 7) is 3.90. The highest BCUT2D eigenvalue weighted by Crippen LogP contribution is 2.26. The van der Waals surface area contributed by atoms with Crippen LogP contribution in [0, 0.1) is 11.8 Å². The molecule has 0 N–H and O–H groups in total. The van der Waals surface area contributed by atoms with Crippen molar-refractivity contribution in [2.45, 2.75) is 39.5 Å². The molecule has 0 aromatic carbocycles. The molecule has 1 aliphatic carbocycles. The Morgan fingerprint density at radius 2 is 2.17 bits per heavy atom. The SMILES string of the molecule is CCC(=O)C1CCC(C)CC1=O. The average molecular weight is 168 g/mol. The van der Waals surface area contributed by atoms with Crippen molar-refractivity contribution in [1.29, 1.82) is 0 Å². The first-order valence-corrected chi connectivity index (χ1v) is 4.70. The lowest BCUT2D eigenvalue weighted by molar-refractivity contribution is -0.135. The van der Waals surface area contributed by atoms with E-state index < -0.39 is 0 Å². The Balaban J connectivity index is 2.56. The van der Waals surface area contributed by atoms with Crippen molar-refractivity contribution in [3.8, 4) is 0 Å². The quantitative estimate of drug-likeness (QED) is 0.591. The highest BCUT2D eigenvalue weighted by atomic mass is 16.1. The maximum Gasteiger partial charge on any atom is 0.143 e. The van der Waals surface area contributed by atoms with Gasteiger partial charge in [0.05, 0.1) is 5.92 Å². The normalized spacial score (nSPS) is 30.3. The lowest BCUT2D eigenvalue weighted by atomic mass is 9.79. The van der Waals surface area contributed by atoms with Crippen molar-refractivity contribution in [3.05, 3.63) is 0 Å². The second-order valence-electron chi connectivity index (χ2n) is 3.73. The zero-order chi connectivity index (χ0) is 9.14. The molecule has 12 heavy (non-hydrogen) atoms. The van der Waals surface area contributed by atoms with E-state index in [1.807, 2.05) is 6.92 Å². The molecule has 0 aromatic rings. The van der Waals surface area contributed by atoms with Crippen LogP contribution in [0.2, 0.25) is 0 Å². The largest absolute Gasteiger partial charge is 0.299 e. The van der Waals surface area contributed by atoms with E-state index in [0.29, 0.717) is 18.8 Å². The zero-order valence-electron chi connectivity index (χ0n) is 7.80. The minimum Gasteiger partial charge on any atom is -0.299 e.